The first kappa shape index (κ1) is 10.0. The van der Waals surface area contributed by atoms with Crippen molar-refractivity contribution in [2.24, 2.45) is 0 Å². The summed E-state index contributed by atoms with van der Waals surface area (Å²) in [5, 5.41) is 9.02. The van der Waals surface area contributed by atoms with E-state index in [1.165, 1.54) is 11.8 Å². The number of amides is 1. The van der Waals surface area contributed by atoms with Crippen molar-refractivity contribution in [3.8, 4) is 0 Å². The number of rotatable bonds is 1. The van der Waals surface area contributed by atoms with Crippen LogP contribution in [0.4, 0.5) is 0 Å². The van der Waals surface area contributed by atoms with E-state index in [0.717, 1.165) is 12.8 Å². The molecule has 1 heterocycles. The van der Waals surface area contributed by atoms with Crippen molar-refractivity contribution in [3.05, 3.63) is 0 Å². The van der Waals surface area contributed by atoms with Crippen LogP contribution in [0.1, 0.15) is 33.1 Å². The molecule has 0 aromatic carbocycles. The molecule has 1 aliphatic heterocycles. The van der Waals surface area contributed by atoms with E-state index in [0.29, 0.717) is 13.0 Å². The molecule has 0 spiro atoms. The van der Waals surface area contributed by atoms with Crippen LogP contribution >= 0.6 is 0 Å². The maximum Gasteiger partial charge on any atom is 0.329 e. The van der Waals surface area contributed by atoms with Crippen molar-refractivity contribution in [3.63, 3.8) is 0 Å². The first-order valence-corrected chi connectivity index (χ1v) is 4.50. The number of piperidine rings is 1. The third-order valence-electron chi connectivity index (χ3n) is 2.73. The molecule has 1 N–H and O–H groups in total. The highest BCUT2D eigenvalue weighted by molar-refractivity contribution is 5.85. The molecular weight excluding hydrogens is 170 g/mol. The Morgan fingerprint density at radius 1 is 1.38 bits per heavy atom. The van der Waals surface area contributed by atoms with Crippen molar-refractivity contribution in [2.75, 3.05) is 6.54 Å². The Balaban J connectivity index is 2.89. The second kappa shape index (κ2) is 3.36. The molecule has 1 unspecified atom stereocenters. The summed E-state index contributed by atoms with van der Waals surface area (Å²) in [5.41, 5.74) is -0.982. The van der Waals surface area contributed by atoms with Gasteiger partial charge in [0.25, 0.3) is 0 Å². The van der Waals surface area contributed by atoms with E-state index in [2.05, 4.69) is 0 Å². The van der Waals surface area contributed by atoms with Crippen LogP contribution in [0.15, 0.2) is 0 Å². The standard InChI is InChI=1S/C9H15NO3/c1-7(11)10-6-4-3-5-9(10,2)8(12)13/h3-6H2,1-2H3,(H,12,13). The van der Waals surface area contributed by atoms with Crippen molar-refractivity contribution in [2.45, 2.75) is 38.6 Å². The van der Waals surface area contributed by atoms with Crippen LogP contribution in [0.3, 0.4) is 0 Å². The quantitative estimate of drug-likeness (QED) is 0.659. The zero-order valence-corrected chi connectivity index (χ0v) is 8.04. The van der Waals surface area contributed by atoms with E-state index in [9.17, 15) is 9.59 Å². The lowest BCUT2D eigenvalue weighted by molar-refractivity contribution is -0.160. The van der Waals surface area contributed by atoms with Gasteiger partial charge < -0.3 is 10.0 Å². The molecule has 74 valence electrons. The van der Waals surface area contributed by atoms with Gasteiger partial charge in [-0.25, -0.2) is 4.79 Å². The molecule has 0 aromatic rings. The van der Waals surface area contributed by atoms with Crippen LogP contribution in [-0.2, 0) is 9.59 Å². The molecule has 4 nitrogen and oxygen atoms in total. The summed E-state index contributed by atoms with van der Waals surface area (Å²) in [5.74, 6) is -1.05. The lowest BCUT2D eigenvalue weighted by Crippen LogP contribution is -2.56. The molecule has 0 bridgehead atoms. The number of carboxylic acids is 1. The van der Waals surface area contributed by atoms with Gasteiger partial charge in [0.15, 0.2) is 0 Å². The first-order chi connectivity index (χ1) is 5.98. The van der Waals surface area contributed by atoms with Crippen molar-refractivity contribution in [1.29, 1.82) is 0 Å². The van der Waals surface area contributed by atoms with Gasteiger partial charge in [-0.05, 0) is 26.2 Å². The fourth-order valence-corrected chi connectivity index (χ4v) is 1.85. The summed E-state index contributed by atoms with van der Waals surface area (Å²) in [6.45, 7) is 3.61. The number of hydrogen-bond acceptors (Lipinski definition) is 2. The Morgan fingerprint density at radius 2 is 2.00 bits per heavy atom. The fraction of sp³-hybridized carbons (Fsp3) is 0.778. The van der Waals surface area contributed by atoms with Crippen molar-refractivity contribution >= 4 is 11.9 Å². The van der Waals surface area contributed by atoms with E-state index in [-0.39, 0.29) is 5.91 Å². The third kappa shape index (κ3) is 1.66. The van der Waals surface area contributed by atoms with Crippen molar-refractivity contribution < 1.29 is 14.7 Å². The molecule has 1 atom stereocenters. The maximum absolute atomic E-state index is 11.2. The third-order valence-corrected chi connectivity index (χ3v) is 2.73. The Kier molecular flexibility index (Phi) is 2.59. The van der Waals surface area contributed by atoms with Crippen LogP contribution in [0.5, 0.6) is 0 Å². The molecule has 1 aliphatic rings. The van der Waals surface area contributed by atoms with Crippen LogP contribution in [0, 0.1) is 0 Å². The summed E-state index contributed by atoms with van der Waals surface area (Å²) in [4.78, 5) is 23.6. The minimum absolute atomic E-state index is 0.149. The van der Waals surface area contributed by atoms with E-state index in [1.54, 1.807) is 6.92 Å². The number of aliphatic carboxylic acids is 1. The van der Waals surface area contributed by atoms with Crippen LogP contribution < -0.4 is 0 Å². The number of carbonyl (C=O) groups excluding carboxylic acids is 1. The zero-order valence-electron chi connectivity index (χ0n) is 8.04. The lowest BCUT2D eigenvalue weighted by atomic mass is 9.88. The van der Waals surface area contributed by atoms with Crippen LogP contribution in [-0.4, -0.2) is 34.0 Å². The molecule has 4 heteroatoms. The number of likely N-dealkylation sites (tertiary alicyclic amines) is 1. The Bertz CT molecular complexity index is 239. The molecule has 1 saturated heterocycles. The highest BCUT2D eigenvalue weighted by atomic mass is 16.4. The molecule has 0 aliphatic carbocycles. The highest BCUT2D eigenvalue weighted by Gasteiger charge is 2.42. The molecule has 1 rings (SSSR count). The predicted molar refractivity (Wildman–Crippen MR) is 47.3 cm³/mol. The second-order valence-electron chi connectivity index (χ2n) is 3.71. The van der Waals surface area contributed by atoms with Gasteiger partial charge in [0.05, 0.1) is 0 Å². The van der Waals surface area contributed by atoms with Gasteiger partial charge in [0.2, 0.25) is 5.91 Å². The summed E-state index contributed by atoms with van der Waals surface area (Å²) in [6.07, 6.45) is 2.34. The Hall–Kier alpha value is -1.06. The number of nitrogens with zero attached hydrogens (tertiary/aromatic N) is 1. The van der Waals surface area contributed by atoms with E-state index in [4.69, 9.17) is 5.11 Å². The SMILES string of the molecule is CC(=O)N1CCCCC1(C)C(=O)O. The van der Waals surface area contributed by atoms with Gasteiger partial charge in [0, 0.05) is 13.5 Å². The Morgan fingerprint density at radius 3 is 2.38 bits per heavy atom. The molecule has 0 aromatic heterocycles. The smallest absolute Gasteiger partial charge is 0.329 e. The number of carbonyl (C=O) groups is 2. The molecule has 1 fully saturated rings. The average Bonchev–Trinajstić information content (AvgIpc) is 2.04. The van der Waals surface area contributed by atoms with E-state index >= 15 is 0 Å². The summed E-state index contributed by atoms with van der Waals surface area (Å²) in [7, 11) is 0. The number of hydrogen-bond donors (Lipinski definition) is 1. The topological polar surface area (TPSA) is 57.6 Å². The molecule has 13 heavy (non-hydrogen) atoms. The van der Waals surface area contributed by atoms with Crippen molar-refractivity contribution in [1.82, 2.24) is 4.90 Å². The molecule has 1 amide bonds. The highest BCUT2D eigenvalue weighted by Crippen LogP contribution is 2.27. The summed E-state index contributed by atoms with van der Waals surface area (Å²) >= 11 is 0. The van der Waals surface area contributed by atoms with E-state index < -0.39 is 11.5 Å². The average molecular weight is 185 g/mol. The van der Waals surface area contributed by atoms with E-state index in [1.807, 2.05) is 0 Å². The van der Waals surface area contributed by atoms with Gasteiger partial charge >= 0.3 is 5.97 Å². The summed E-state index contributed by atoms with van der Waals surface area (Å²) < 4.78 is 0. The minimum atomic E-state index is -0.982. The first-order valence-electron chi connectivity index (χ1n) is 4.50. The Labute approximate surface area is 77.5 Å². The normalized spacial score (nSPS) is 28.6. The molecular formula is C9H15NO3. The van der Waals surface area contributed by atoms with Gasteiger partial charge in [-0.2, -0.15) is 0 Å². The van der Waals surface area contributed by atoms with Gasteiger partial charge in [-0.3, -0.25) is 4.79 Å². The minimum Gasteiger partial charge on any atom is -0.480 e. The lowest BCUT2D eigenvalue weighted by Gasteiger charge is -2.41. The molecule has 0 radical (unpaired) electrons. The van der Waals surface area contributed by atoms with Gasteiger partial charge in [-0.1, -0.05) is 0 Å². The van der Waals surface area contributed by atoms with Crippen LogP contribution in [0.25, 0.3) is 0 Å². The van der Waals surface area contributed by atoms with Gasteiger partial charge in [0.1, 0.15) is 5.54 Å². The fourth-order valence-electron chi connectivity index (χ4n) is 1.85. The second-order valence-corrected chi connectivity index (χ2v) is 3.71. The largest absolute Gasteiger partial charge is 0.480 e. The predicted octanol–water partition coefficient (Wildman–Crippen LogP) is 0.862. The molecule has 0 saturated carbocycles. The van der Waals surface area contributed by atoms with Crippen LogP contribution in [0.2, 0.25) is 0 Å². The monoisotopic (exact) mass is 185 g/mol. The summed E-state index contributed by atoms with van der Waals surface area (Å²) in [6, 6.07) is 0. The maximum atomic E-state index is 11.2. The zero-order chi connectivity index (χ0) is 10.1. The number of carboxylic acid groups (broad SMARTS) is 1. The van der Waals surface area contributed by atoms with Gasteiger partial charge in [-0.15, -0.1) is 0 Å².